The second-order valence-electron chi connectivity index (χ2n) is 6.43. The molecule has 1 N–H and O–H groups in total. The maximum atomic E-state index is 12.2. The fourth-order valence-electron chi connectivity index (χ4n) is 2.75. The Kier molecular flexibility index (Phi) is 4.65. The van der Waals surface area contributed by atoms with Crippen LogP contribution < -0.4 is 5.32 Å². The first-order valence-electron chi connectivity index (χ1n) is 8.19. The van der Waals surface area contributed by atoms with Crippen LogP contribution in [0.2, 0.25) is 0 Å². The van der Waals surface area contributed by atoms with Gasteiger partial charge in [0.15, 0.2) is 0 Å². The molecule has 3 rings (SSSR count). The number of anilines is 1. The van der Waals surface area contributed by atoms with E-state index in [4.69, 9.17) is 4.42 Å². The zero-order chi connectivity index (χ0) is 18.0. The van der Waals surface area contributed by atoms with Crippen molar-refractivity contribution in [3.8, 4) is 11.5 Å². The number of rotatable bonds is 4. The van der Waals surface area contributed by atoms with Crippen molar-refractivity contribution in [2.45, 2.75) is 34.1 Å². The predicted octanol–water partition coefficient (Wildman–Crippen LogP) is 4.15. The summed E-state index contributed by atoms with van der Waals surface area (Å²) in [5.41, 5.74) is 6.41. The van der Waals surface area contributed by atoms with E-state index < -0.39 is 0 Å². The van der Waals surface area contributed by atoms with Crippen LogP contribution >= 0.6 is 0 Å². The van der Waals surface area contributed by atoms with Crippen LogP contribution in [-0.4, -0.2) is 16.1 Å². The number of nitrogens with zero attached hydrogens (tertiary/aromatic N) is 2. The molecule has 25 heavy (non-hydrogen) atoms. The van der Waals surface area contributed by atoms with Gasteiger partial charge in [0.2, 0.25) is 11.8 Å². The number of carbonyl (C=O) groups excluding carboxylic acids is 1. The number of hydrogen-bond acceptors (Lipinski definition) is 4. The van der Waals surface area contributed by atoms with Gasteiger partial charge in [0.25, 0.3) is 0 Å². The summed E-state index contributed by atoms with van der Waals surface area (Å²) in [5, 5.41) is 10.6. The van der Waals surface area contributed by atoms with E-state index in [1.807, 2.05) is 58.0 Å². The molecule has 0 aliphatic heterocycles. The van der Waals surface area contributed by atoms with Crippen molar-refractivity contribution in [1.82, 2.24) is 10.2 Å². The fourth-order valence-corrected chi connectivity index (χ4v) is 2.75. The quantitative estimate of drug-likeness (QED) is 0.777. The first-order valence-corrected chi connectivity index (χ1v) is 8.19. The number of amides is 1. The molecule has 1 amide bonds. The van der Waals surface area contributed by atoms with Gasteiger partial charge in [0, 0.05) is 5.56 Å². The van der Waals surface area contributed by atoms with Crippen LogP contribution in [0.25, 0.3) is 11.5 Å². The van der Waals surface area contributed by atoms with Gasteiger partial charge in [-0.15, -0.1) is 5.10 Å². The first kappa shape index (κ1) is 16.9. The molecule has 1 heterocycles. The Hall–Kier alpha value is -2.95. The Morgan fingerprint density at radius 3 is 2.36 bits per heavy atom. The number of benzene rings is 2. The third-order valence-corrected chi connectivity index (χ3v) is 4.08. The van der Waals surface area contributed by atoms with Crippen LogP contribution in [0.1, 0.15) is 27.8 Å². The van der Waals surface area contributed by atoms with Crippen molar-refractivity contribution >= 4 is 11.9 Å². The van der Waals surface area contributed by atoms with Gasteiger partial charge < -0.3 is 4.42 Å². The molecular formula is C20H21N3O2. The molecule has 0 atom stereocenters. The molecule has 0 radical (unpaired) electrons. The van der Waals surface area contributed by atoms with E-state index in [1.54, 1.807) is 0 Å². The number of aryl methyl sites for hydroxylation is 4. The molecule has 0 saturated heterocycles. The highest BCUT2D eigenvalue weighted by atomic mass is 16.4. The largest absolute Gasteiger partial charge is 0.403 e. The van der Waals surface area contributed by atoms with Crippen LogP contribution in [0.4, 0.5) is 6.01 Å². The lowest BCUT2D eigenvalue weighted by molar-refractivity contribution is -0.115. The third-order valence-electron chi connectivity index (χ3n) is 4.08. The summed E-state index contributed by atoms with van der Waals surface area (Å²) < 4.78 is 5.58. The van der Waals surface area contributed by atoms with Crippen molar-refractivity contribution in [1.29, 1.82) is 0 Å². The van der Waals surface area contributed by atoms with Crippen molar-refractivity contribution in [3.05, 3.63) is 64.2 Å². The topological polar surface area (TPSA) is 68.0 Å². The highest BCUT2D eigenvalue weighted by Crippen LogP contribution is 2.22. The standard InChI is InChI=1S/C20H21N3O2/c1-12-7-13(2)9-17(8-12)19-22-23-20(25-19)21-18(24)11-16-6-5-14(3)15(4)10-16/h5-10H,11H2,1-4H3,(H,21,23,24). The molecule has 0 saturated carbocycles. The van der Waals surface area contributed by atoms with Crippen LogP contribution in [0, 0.1) is 27.7 Å². The first-order chi connectivity index (χ1) is 11.9. The van der Waals surface area contributed by atoms with Gasteiger partial charge >= 0.3 is 6.01 Å². The van der Waals surface area contributed by atoms with Crippen molar-refractivity contribution in [2.24, 2.45) is 0 Å². The lowest BCUT2D eigenvalue weighted by Gasteiger charge is -2.04. The van der Waals surface area contributed by atoms with E-state index in [9.17, 15) is 4.79 Å². The maximum Gasteiger partial charge on any atom is 0.322 e. The lowest BCUT2D eigenvalue weighted by atomic mass is 10.0. The van der Waals surface area contributed by atoms with Gasteiger partial charge in [0.05, 0.1) is 6.42 Å². The van der Waals surface area contributed by atoms with Gasteiger partial charge in [-0.1, -0.05) is 40.5 Å². The summed E-state index contributed by atoms with van der Waals surface area (Å²) in [5.74, 6) is 0.215. The van der Waals surface area contributed by atoms with Gasteiger partial charge in [-0.05, 0) is 56.5 Å². The summed E-state index contributed by atoms with van der Waals surface area (Å²) in [6.07, 6.45) is 0.266. The van der Waals surface area contributed by atoms with E-state index in [-0.39, 0.29) is 18.3 Å². The second-order valence-corrected chi connectivity index (χ2v) is 6.43. The maximum absolute atomic E-state index is 12.2. The highest BCUT2D eigenvalue weighted by Gasteiger charge is 2.12. The minimum atomic E-state index is -0.182. The number of nitrogens with one attached hydrogen (secondary N) is 1. The summed E-state index contributed by atoms with van der Waals surface area (Å²) >= 11 is 0. The zero-order valence-electron chi connectivity index (χ0n) is 14.9. The normalized spacial score (nSPS) is 10.7. The van der Waals surface area contributed by atoms with Crippen LogP contribution in [0.5, 0.6) is 0 Å². The molecule has 0 fully saturated rings. The van der Waals surface area contributed by atoms with Gasteiger partial charge in [-0.25, -0.2) is 0 Å². The van der Waals surface area contributed by atoms with E-state index in [2.05, 4.69) is 21.6 Å². The molecule has 3 aromatic rings. The third kappa shape index (κ3) is 4.12. The Bertz CT molecular complexity index is 908. The number of hydrogen-bond donors (Lipinski definition) is 1. The van der Waals surface area contributed by atoms with E-state index in [1.165, 1.54) is 11.1 Å². The van der Waals surface area contributed by atoms with Gasteiger partial charge in [-0.3, -0.25) is 10.1 Å². The molecule has 5 heteroatoms. The minimum absolute atomic E-state index is 0.114. The average Bonchev–Trinajstić information content (AvgIpc) is 2.98. The SMILES string of the molecule is Cc1cc(C)cc(-c2nnc(NC(=O)Cc3ccc(C)c(C)c3)o2)c1. The predicted molar refractivity (Wildman–Crippen MR) is 97.5 cm³/mol. The Morgan fingerprint density at radius 1 is 0.960 bits per heavy atom. The zero-order valence-corrected chi connectivity index (χ0v) is 14.9. The number of aromatic nitrogens is 2. The molecule has 0 unspecified atom stereocenters. The molecule has 0 aliphatic carbocycles. The summed E-state index contributed by atoms with van der Waals surface area (Å²) in [4.78, 5) is 12.2. The van der Waals surface area contributed by atoms with E-state index in [0.717, 1.165) is 22.3 Å². The molecule has 0 spiro atoms. The van der Waals surface area contributed by atoms with Crippen molar-refractivity contribution in [3.63, 3.8) is 0 Å². The fraction of sp³-hybridized carbons (Fsp3) is 0.250. The Balaban J connectivity index is 1.70. The van der Waals surface area contributed by atoms with Crippen LogP contribution in [0.3, 0.4) is 0 Å². The van der Waals surface area contributed by atoms with Gasteiger partial charge in [-0.2, -0.15) is 0 Å². The van der Waals surface area contributed by atoms with Crippen LogP contribution in [0.15, 0.2) is 40.8 Å². The molecule has 0 aliphatic rings. The lowest BCUT2D eigenvalue weighted by Crippen LogP contribution is -2.14. The molecule has 2 aromatic carbocycles. The summed E-state index contributed by atoms with van der Waals surface area (Å²) in [7, 11) is 0. The average molecular weight is 335 g/mol. The molecule has 128 valence electrons. The smallest absolute Gasteiger partial charge is 0.322 e. The molecule has 5 nitrogen and oxygen atoms in total. The highest BCUT2D eigenvalue weighted by molar-refractivity contribution is 5.90. The van der Waals surface area contributed by atoms with E-state index >= 15 is 0 Å². The van der Waals surface area contributed by atoms with E-state index in [0.29, 0.717) is 5.89 Å². The Morgan fingerprint density at radius 2 is 1.68 bits per heavy atom. The second kappa shape index (κ2) is 6.89. The molecular weight excluding hydrogens is 314 g/mol. The molecule has 0 bridgehead atoms. The minimum Gasteiger partial charge on any atom is -0.403 e. The number of carbonyl (C=O) groups is 1. The van der Waals surface area contributed by atoms with Crippen LogP contribution in [-0.2, 0) is 11.2 Å². The van der Waals surface area contributed by atoms with Crippen molar-refractivity contribution < 1.29 is 9.21 Å². The Labute approximate surface area is 147 Å². The summed E-state index contributed by atoms with van der Waals surface area (Å²) in [6, 6.07) is 12.1. The molecule has 1 aromatic heterocycles. The van der Waals surface area contributed by atoms with Gasteiger partial charge in [0.1, 0.15) is 0 Å². The monoisotopic (exact) mass is 335 g/mol. The van der Waals surface area contributed by atoms with Crippen molar-refractivity contribution in [2.75, 3.05) is 5.32 Å². The summed E-state index contributed by atoms with van der Waals surface area (Å²) in [6.45, 7) is 8.11.